The van der Waals surface area contributed by atoms with E-state index in [0.29, 0.717) is 38.0 Å². The summed E-state index contributed by atoms with van der Waals surface area (Å²) in [6.45, 7) is 4.47. The fourth-order valence-corrected chi connectivity index (χ4v) is 3.63. The van der Waals surface area contributed by atoms with Gasteiger partial charge in [-0.3, -0.25) is 4.99 Å². The number of halogens is 2. The summed E-state index contributed by atoms with van der Waals surface area (Å²) in [6.07, 6.45) is 1.57. The molecule has 3 rings (SSSR count). The smallest absolute Gasteiger partial charge is 0.191 e. The molecule has 2 N–H and O–H groups in total. The van der Waals surface area contributed by atoms with Crippen LogP contribution in [0.2, 0.25) is 0 Å². The monoisotopic (exact) mass is 417 g/mol. The number of ether oxygens (including phenoxy) is 2. The van der Waals surface area contributed by atoms with Crippen LogP contribution in [-0.4, -0.2) is 45.4 Å². The molecular weight excluding hydrogens is 388 g/mol. The van der Waals surface area contributed by atoms with Crippen molar-refractivity contribution in [3.63, 3.8) is 0 Å². The standard InChI is InChI=1S/C23H29F2N3O2/c1-17(30-21-9-7-20(25)8-10-21)15-27-22(26-2)28-16-23(11-13-29-14-12-23)18-3-5-19(24)6-4-18/h3-10,17H,11-16H2,1-2H3,(H2,26,27,28). The second kappa shape index (κ2) is 10.4. The van der Waals surface area contributed by atoms with E-state index < -0.39 is 0 Å². The zero-order chi connectivity index (χ0) is 21.4. The molecule has 0 aromatic heterocycles. The summed E-state index contributed by atoms with van der Waals surface area (Å²) in [5, 5.41) is 6.67. The third-order valence-electron chi connectivity index (χ3n) is 5.43. The summed E-state index contributed by atoms with van der Waals surface area (Å²) in [4.78, 5) is 4.30. The molecule has 0 bridgehead atoms. The molecule has 1 saturated heterocycles. The molecular formula is C23H29F2N3O2. The number of nitrogens with zero attached hydrogens (tertiary/aromatic N) is 1. The summed E-state index contributed by atoms with van der Waals surface area (Å²) in [5.74, 6) is 0.756. The largest absolute Gasteiger partial charge is 0.489 e. The van der Waals surface area contributed by atoms with Crippen LogP contribution in [0.1, 0.15) is 25.3 Å². The number of hydrogen-bond acceptors (Lipinski definition) is 3. The minimum Gasteiger partial charge on any atom is -0.489 e. The molecule has 0 aliphatic carbocycles. The number of rotatable bonds is 7. The van der Waals surface area contributed by atoms with Gasteiger partial charge in [-0.1, -0.05) is 12.1 Å². The number of hydrogen-bond donors (Lipinski definition) is 2. The lowest BCUT2D eigenvalue weighted by atomic mass is 9.74. The molecule has 0 amide bonds. The average Bonchev–Trinajstić information content (AvgIpc) is 2.76. The van der Waals surface area contributed by atoms with E-state index in [2.05, 4.69) is 15.6 Å². The molecule has 30 heavy (non-hydrogen) atoms. The highest BCUT2D eigenvalue weighted by Gasteiger charge is 2.34. The molecule has 0 spiro atoms. The molecule has 162 valence electrons. The molecule has 2 aromatic rings. The molecule has 5 nitrogen and oxygen atoms in total. The summed E-state index contributed by atoms with van der Waals surface area (Å²) in [5.41, 5.74) is 0.961. The van der Waals surface area contributed by atoms with Crippen LogP contribution in [-0.2, 0) is 10.2 Å². The molecule has 0 radical (unpaired) electrons. The van der Waals surface area contributed by atoms with Crippen LogP contribution < -0.4 is 15.4 Å². The van der Waals surface area contributed by atoms with Crippen molar-refractivity contribution >= 4 is 5.96 Å². The predicted octanol–water partition coefficient (Wildman–Crippen LogP) is 3.65. The van der Waals surface area contributed by atoms with Gasteiger partial charge in [0.15, 0.2) is 5.96 Å². The summed E-state index contributed by atoms with van der Waals surface area (Å²) in [6, 6.07) is 12.7. The van der Waals surface area contributed by atoms with Gasteiger partial charge in [-0.05, 0) is 61.7 Å². The maximum absolute atomic E-state index is 13.4. The highest BCUT2D eigenvalue weighted by molar-refractivity contribution is 5.79. The second-order valence-corrected chi connectivity index (χ2v) is 7.59. The Hall–Kier alpha value is -2.67. The zero-order valence-electron chi connectivity index (χ0n) is 17.5. The number of benzene rings is 2. The Bertz CT molecular complexity index is 819. The SMILES string of the molecule is CN=C(NCC(C)Oc1ccc(F)cc1)NCC1(c2ccc(F)cc2)CCOCC1. The van der Waals surface area contributed by atoms with Gasteiger partial charge in [-0.15, -0.1) is 0 Å². The highest BCUT2D eigenvalue weighted by Crippen LogP contribution is 2.34. The topological polar surface area (TPSA) is 54.9 Å². The number of nitrogens with one attached hydrogen (secondary N) is 2. The van der Waals surface area contributed by atoms with Gasteiger partial charge >= 0.3 is 0 Å². The van der Waals surface area contributed by atoms with E-state index >= 15 is 0 Å². The van der Waals surface area contributed by atoms with Crippen LogP contribution in [0.15, 0.2) is 53.5 Å². The lowest BCUT2D eigenvalue weighted by molar-refractivity contribution is 0.0513. The van der Waals surface area contributed by atoms with Crippen LogP contribution in [0.3, 0.4) is 0 Å². The van der Waals surface area contributed by atoms with Gasteiger partial charge in [-0.25, -0.2) is 8.78 Å². The first-order valence-electron chi connectivity index (χ1n) is 10.2. The maximum atomic E-state index is 13.4. The van der Waals surface area contributed by atoms with E-state index in [1.165, 1.54) is 24.3 Å². The van der Waals surface area contributed by atoms with Crippen molar-refractivity contribution < 1.29 is 18.3 Å². The minimum atomic E-state index is -0.291. The Kier molecular flexibility index (Phi) is 7.63. The molecule has 1 heterocycles. The van der Waals surface area contributed by atoms with Crippen molar-refractivity contribution in [2.75, 3.05) is 33.4 Å². The van der Waals surface area contributed by atoms with E-state index in [9.17, 15) is 8.78 Å². The Morgan fingerprint density at radius 2 is 1.63 bits per heavy atom. The fourth-order valence-electron chi connectivity index (χ4n) is 3.63. The van der Waals surface area contributed by atoms with Crippen LogP contribution in [0.4, 0.5) is 8.78 Å². The van der Waals surface area contributed by atoms with E-state index in [-0.39, 0.29) is 23.2 Å². The molecule has 1 aliphatic rings. The lowest BCUT2D eigenvalue weighted by Gasteiger charge is -2.38. The van der Waals surface area contributed by atoms with Crippen molar-refractivity contribution in [3.8, 4) is 5.75 Å². The fraction of sp³-hybridized carbons (Fsp3) is 0.435. The quantitative estimate of drug-likeness (QED) is 0.534. The molecule has 1 atom stereocenters. The van der Waals surface area contributed by atoms with Gasteiger partial charge in [-0.2, -0.15) is 0 Å². The molecule has 1 unspecified atom stereocenters. The van der Waals surface area contributed by atoms with Crippen molar-refractivity contribution in [2.45, 2.75) is 31.3 Å². The first kappa shape index (κ1) is 22.0. The van der Waals surface area contributed by atoms with Crippen molar-refractivity contribution in [1.29, 1.82) is 0 Å². The predicted molar refractivity (Wildman–Crippen MR) is 114 cm³/mol. The van der Waals surface area contributed by atoms with Gasteiger partial charge in [0.1, 0.15) is 23.5 Å². The second-order valence-electron chi connectivity index (χ2n) is 7.59. The molecule has 2 aromatic carbocycles. The summed E-state index contributed by atoms with van der Waals surface area (Å²) < 4.78 is 37.8. The van der Waals surface area contributed by atoms with Crippen LogP contribution >= 0.6 is 0 Å². The number of guanidine groups is 1. The average molecular weight is 418 g/mol. The zero-order valence-corrected chi connectivity index (χ0v) is 17.5. The maximum Gasteiger partial charge on any atom is 0.191 e. The highest BCUT2D eigenvalue weighted by atomic mass is 19.1. The summed E-state index contributed by atoms with van der Waals surface area (Å²) in [7, 11) is 1.72. The number of aliphatic imine (C=N–C) groups is 1. The Labute approximate surface area is 176 Å². The summed E-state index contributed by atoms with van der Waals surface area (Å²) >= 11 is 0. The van der Waals surface area contributed by atoms with E-state index in [0.717, 1.165) is 18.4 Å². The molecule has 1 fully saturated rings. The van der Waals surface area contributed by atoms with E-state index in [4.69, 9.17) is 9.47 Å². The molecule has 0 saturated carbocycles. The first-order valence-corrected chi connectivity index (χ1v) is 10.2. The van der Waals surface area contributed by atoms with Gasteiger partial charge in [0, 0.05) is 32.2 Å². The minimum absolute atomic E-state index is 0.136. The van der Waals surface area contributed by atoms with E-state index in [1.807, 2.05) is 19.1 Å². The molecule has 1 aliphatic heterocycles. The lowest BCUT2D eigenvalue weighted by Crippen LogP contribution is -2.49. The Morgan fingerprint density at radius 3 is 2.23 bits per heavy atom. The van der Waals surface area contributed by atoms with E-state index in [1.54, 1.807) is 19.2 Å². The van der Waals surface area contributed by atoms with Crippen molar-refractivity contribution in [1.82, 2.24) is 10.6 Å². The Morgan fingerprint density at radius 1 is 1.03 bits per heavy atom. The Balaban J connectivity index is 1.56. The van der Waals surface area contributed by atoms with Crippen molar-refractivity contribution in [3.05, 3.63) is 65.7 Å². The normalized spacial score (nSPS) is 17.3. The van der Waals surface area contributed by atoms with Crippen LogP contribution in [0, 0.1) is 11.6 Å². The van der Waals surface area contributed by atoms with Gasteiger partial charge in [0.25, 0.3) is 0 Å². The van der Waals surface area contributed by atoms with Gasteiger partial charge in [0.05, 0.1) is 6.54 Å². The third-order valence-corrected chi connectivity index (χ3v) is 5.43. The van der Waals surface area contributed by atoms with Gasteiger partial charge < -0.3 is 20.1 Å². The van der Waals surface area contributed by atoms with Crippen LogP contribution in [0.25, 0.3) is 0 Å². The first-order chi connectivity index (χ1) is 14.5. The molecule has 7 heteroatoms. The van der Waals surface area contributed by atoms with Crippen LogP contribution in [0.5, 0.6) is 5.75 Å². The van der Waals surface area contributed by atoms with Gasteiger partial charge in [0.2, 0.25) is 0 Å². The third kappa shape index (κ3) is 5.92. The van der Waals surface area contributed by atoms with Crippen molar-refractivity contribution in [2.24, 2.45) is 4.99 Å².